The monoisotopic (exact) mass is 881 g/mol. The van der Waals surface area contributed by atoms with E-state index in [-0.39, 0.29) is 31.1 Å². The first-order chi connectivity index (χ1) is 31.0. The second kappa shape index (κ2) is 51.7. The zero-order chi connectivity index (χ0) is 45.8. The molecule has 6 nitrogen and oxygen atoms in total. The Bertz CT molecular complexity index is 1150. The summed E-state index contributed by atoms with van der Waals surface area (Å²) in [5.41, 5.74) is 0. The smallest absolute Gasteiger partial charge is 0.306 e. The molecule has 0 heterocycles. The van der Waals surface area contributed by atoms with Crippen LogP contribution in [0.25, 0.3) is 0 Å². The van der Waals surface area contributed by atoms with Gasteiger partial charge in [-0.25, -0.2) is 0 Å². The fourth-order valence-corrected chi connectivity index (χ4v) is 7.49. The van der Waals surface area contributed by atoms with E-state index < -0.39 is 6.10 Å². The first kappa shape index (κ1) is 60.1. The average Bonchev–Trinajstić information content (AvgIpc) is 3.28. The van der Waals surface area contributed by atoms with Gasteiger partial charge in [0.1, 0.15) is 13.2 Å². The number of ether oxygens (including phenoxy) is 3. The molecule has 6 heteroatoms. The molecule has 0 rings (SSSR count). The van der Waals surface area contributed by atoms with Crippen LogP contribution in [-0.4, -0.2) is 37.2 Å². The van der Waals surface area contributed by atoms with E-state index in [1.807, 2.05) is 0 Å². The van der Waals surface area contributed by atoms with Gasteiger partial charge in [0.05, 0.1) is 0 Å². The predicted molar refractivity (Wildman–Crippen MR) is 270 cm³/mol. The Morgan fingerprint density at radius 2 is 0.619 bits per heavy atom. The maximum Gasteiger partial charge on any atom is 0.306 e. The maximum absolute atomic E-state index is 12.8. The number of rotatable bonds is 48. The minimum atomic E-state index is -0.782. The highest BCUT2D eigenvalue weighted by Crippen LogP contribution is 2.15. The number of carbonyl (C=O) groups excluding carboxylic acids is 3. The van der Waals surface area contributed by atoms with Gasteiger partial charge in [-0.15, -0.1) is 0 Å². The molecule has 63 heavy (non-hydrogen) atoms. The van der Waals surface area contributed by atoms with Gasteiger partial charge in [0, 0.05) is 19.3 Å². The van der Waals surface area contributed by atoms with Crippen LogP contribution in [0.3, 0.4) is 0 Å². The summed E-state index contributed by atoms with van der Waals surface area (Å²) in [5, 5.41) is 0. The van der Waals surface area contributed by atoms with Crippen molar-refractivity contribution < 1.29 is 28.6 Å². The third-order valence-corrected chi connectivity index (χ3v) is 11.5. The van der Waals surface area contributed by atoms with Crippen molar-refractivity contribution in [2.75, 3.05) is 13.2 Å². The van der Waals surface area contributed by atoms with Crippen LogP contribution in [-0.2, 0) is 28.6 Å². The van der Waals surface area contributed by atoms with Crippen LogP contribution in [0.15, 0.2) is 60.8 Å². The highest BCUT2D eigenvalue weighted by molar-refractivity contribution is 5.71. The van der Waals surface area contributed by atoms with Crippen molar-refractivity contribution in [3.8, 4) is 0 Å². The highest BCUT2D eigenvalue weighted by Gasteiger charge is 2.19. The van der Waals surface area contributed by atoms with Crippen LogP contribution in [0.1, 0.15) is 265 Å². The summed E-state index contributed by atoms with van der Waals surface area (Å²) in [6.45, 7) is 6.49. The molecule has 0 aliphatic heterocycles. The first-order valence-electron chi connectivity index (χ1n) is 26.8. The van der Waals surface area contributed by atoms with E-state index in [1.165, 1.54) is 116 Å². The first-order valence-corrected chi connectivity index (χ1v) is 26.8. The molecule has 0 spiro atoms. The third-order valence-electron chi connectivity index (χ3n) is 11.5. The summed E-state index contributed by atoms with van der Waals surface area (Å²) in [4.78, 5) is 38.0. The van der Waals surface area contributed by atoms with Gasteiger partial charge >= 0.3 is 17.9 Å². The molecule has 0 saturated carbocycles. The molecule has 0 aromatic rings. The van der Waals surface area contributed by atoms with Gasteiger partial charge in [-0.1, -0.05) is 223 Å². The summed E-state index contributed by atoms with van der Waals surface area (Å²) in [6.07, 6.45) is 63.4. The van der Waals surface area contributed by atoms with E-state index in [1.54, 1.807) is 0 Å². The number of esters is 3. The Labute approximate surface area is 390 Å². The number of hydrogen-bond acceptors (Lipinski definition) is 6. The summed E-state index contributed by atoms with van der Waals surface area (Å²) >= 11 is 0. The molecule has 1 atom stereocenters. The Morgan fingerprint density at radius 1 is 0.333 bits per heavy atom. The van der Waals surface area contributed by atoms with Crippen LogP contribution in [0, 0.1) is 0 Å². The molecule has 0 amide bonds. The fraction of sp³-hybridized carbons (Fsp3) is 0.772. The Hall–Kier alpha value is -2.89. The maximum atomic E-state index is 12.8. The molecule has 0 aliphatic rings. The minimum absolute atomic E-state index is 0.0822. The predicted octanol–water partition coefficient (Wildman–Crippen LogP) is 17.6. The molecule has 0 aromatic carbocycles. The lowest BCUT2D eigenvalue weighted by atomic mass is 10.0. The molecule has 0 fully saturated rings. The molecule has 0 aliphatic carbocycles. The van der Waals surface area contributed by atoms with Crippen molar-refractivity contribution in [2.24, 2.45) is 0 Å². The van der Waals surface area contributed by atoms with Gasteiger partial charge in [-0.05, 0) is 83.5 Å². The quantitative estimate of drug-likeness (QED) is 0.0262. The van der Waals surface area contributed by atoms with Crippen molar-refractivity contribution in [2.45, 2.75) is 271 Å². The molecule has 0 N–H and O–H groups in total. The summed E-state index contributed by atoms with van der Waals surface area (Å²) < 4.78 is 16.8. The van der Waals surface area contributed by atoms with Crippen molar-refractivity contribution >= 4 is 17.9 Å². The van der Waals surface area contributed by atoms with E-state index in [9.17, 15) is 14.4 Å². The topological polar surface area (TPSA) is 78.9 Å². The summed E-state index contributed by atoms with van der Waals surface area (Å²) in [7, 11) is 0. The molecular formula is C57H100O6. The zero-order valence-electron chi connectivity index (χ0n) is 41.6. The van der Waals surface area contributed by atoms with Crippen LogP contribution in [0.2, 0.25) is 0 Å². The molecule has 0 radical (unpaired) electrons. The normalized spacial score (nSPS) is 12.5. The van der Waals surface area contributed by atoms with E-state index in [2.05, 4.69) is 81.5 Å². The van der Waals surface area contributed by atoms with Crippen LogP contribution in [0.4, 0.5) is 0 Å². The highest BCUT2D eigenvalue weighted by atomic mass is 16.6. The van der Waals surface area contributed by atoms with Crippen LogP contribution < -0.4 is 0 Å². The van der Waals surface area contributed by atoms with Gasteiger partial charge in [0.25, 0.3) is 0 Å². The molecule has 0 saturated heterocycles. The second-order valence-electron chi connectivity index (χ2n) is 17.8. The van der Waals surface area contributed by atoms with Gasteiger partial charge < -0.3 is 14.2 Å². The average molecular weight is 881 g/mol. The summed E-state index contributed by atoms with van der Waals surface area (Å²) in [5.74, 6) is -0.899. The van der Waals surface area contributed by atoms with E-state index in [0.29, 0.717) is 19.3 Å². The zero-order valence-corrected chi connectivity index (χ0v) is 41.6. The standard InChI is InChI=1S/C57H100O6/c1-4-7-10-13-16-19-22-25-27-28-30-33-35-38-41-44-47-50-56(59)62-53-54(63-57(60)51-48-45-42-39-36-31-24-21-18-15-12-9-6-3)52-61-55(58)49-46-43-40-37-34-32-29-26-23-20-17-14-11-8-5-2/h8,11,16-17,19-20,25-27,29,54H,4-7,9-10,12-15,18,21-24,28,30-53H2,1-3H3/b11-8-,19-16-,20-17-,27-25-,29-26-/t54-/m1/s1. The minimum Gasteiger partial charge on any atom is -0.462 e. The molecule has 0 aromatic heterocycles. The lowest BCUT2D eigenvalue weighted by molar-refractivity contribution is -0.167. The summed E-state index contributed by atoms with van der Waals surface area (Å²) in [6, 6.07) is 0. The van der Waals surface area contributed by atoms with E-state index in [0.717, 1.165) is 109 Å². The number of allylic oxidation sites excluding steroid dienone is 10. The van der Waals surface area contributed by atoms with Gasteiger partial charge in [0.15, 0.2) is 6.10 Å². The van der Waals surface area contributed by atoms with Crippen molar-refractivity contribution in [3.63, 3.8) is 0 Å². The van der Waals surface area contributed by atoms with Crippen molar-refractivity contribution in [3.05, 3.63) is 60.8 Å². The van der Waals surface area contributed by atoms with Crippen LogP contribution in [0.5, 0.6) is 0 Å². The molecular weight excluding hydrogens is 781 g/mol. The number of unbranched alkanes of at least 4 members (excludes halogenated alkanes) is 27. The molecule has 0 unspecified atom stereocenters. The molecule has 0 bridgehead atoms. The Balaban J connectivity index is 4.39. The van der Waals surface area contributed by atoms with E-state index in [4.69, 9.17) is 14.2 Å². The lowest BCUT2D eigenvalue weighted by Gasteiger charge is -2.18. The fourth-order valence-electron chi connectivity index (χ4n) is 7.49. The van der Waals surface area contributed by atoms with Gasteiger partial charge in [-0.2, -0.15) is 0 Å². The van der Waals surface area contributed by atoms with Gasteiger partial charge in [-0.3, -0.25) is 14.4 Å². The largest absolute Gasteiger partial charge is 0.462 e. The Kier molecular flexibility index (Phi) is 49.4. The van der Waals surface area contributed by atoms with Gasteiger partial charge in [0.2, 0.25) is 0 Å². The van der Waals surface area contributed by atoms with Crippen molar-refractivity contribution in [1.29, 1.82) is 0 Å². The number of carbonyl (C=O) groups is 3. The lowest BCUT2D eigenvalue weighted by Crippen LogP contribution is -2.30. The van der Waals surface area contributed by atoms with E-state index >= 15 is 0 Å². The second-order valence-corrected chi connectivity index (χ2v) is 17.8. The number of hydrogen-bond donors (Lipinski definition) is 0. The molecule has 364 valence electrons. The van der Waals surface area contributed by atoms with Crippen LogP contribution >= 0.6 is 0 Å². The Morgan fingerprint density at radius 3 is 1.00 bits per heavy atom. The van der Waals surface area contributed by atoms with Crippen molar-refractivity contribution in [1.82, 2.24) is 0 Å². The SMILES string of the molecule is CC/C=C\C/C=C\C/C=C\CCCCCCCC(=O)OC[C@H](COC(=O)CCCCCCCCC/C=C\C/C=C\CCCCC)OC(=O)CCCCCCCCCCCCCCC. The third kappa shape index (κ3) is 50.0.